The Morgan fingerprint density at radius 3 is 2.00 bits per heavy atom. The number of Topliss-reactive ketones (excluding diaryl/α,β-unsaturated/α-hetero) is 1. The molecule has 0 saturated heterocycles. The lowest BCUT2D eigenvalue weighted by Gasteiger charge is -2.62. The van der Waals surface area contributed by atoms with E-state index in [4.69, 9.17) is 9.47 Å². The number of aliphatic hydroxyl groups excluding tert-OH is 1. The Labute approximate surface area is 405 Å². The lowest BCUT2D eigenvalue weighted by atomic mass is 9.44. The van der Waals surface area contributed by atoms with Crippen molar-refractivity contribution in [3.8, 4) is 0 Å². The van der Waals surface area contributed by atoms with Gasteiger partial charge < -0.3 is 19.7 Å². The van der Waals surface area contributed by atoms with Crippen molar-refractivity contribution in [2.75, 3.05) is 6.61 Å². The Bertz CT molecular complexity index is 1710. The number of ketones is 2. The molecule has 2 N–H and O–H groups in total. The summed E-state index contributed by atoms with van der Waals surface area (Å²) < 4.78 is 28.9. The second-order valence-electron chi connectivity index (χ2n) is 21.2. The fourth-order valence-corrected chi connectivity index (χ4v) is 12.2. The minimum atomic E-state index is -2.05. The van der Waals surface area contributed by atoms with Crippen LogP contribution in [0, 0.1) is 28.6 Å². The molecule has 0 spiro atoms. The summed E-state index contributed by atoms with van der Waals surface area (Å²) in [6.07, 6.45) is 42.9. The number of aliphatic hydroxyl groups is 2. The van der Waals surface area contributed by atoms with Crippen molar-refractivity contribution in [1.82, 2.24) is 0 Å². The fourth-order valence-electron chi connectivity index (χ4n) is 12.2. The van der Waals surface area contributed by atoms with E-state index in [0.717, 1.165) is 89.9 Å². The van der Waals surface area contributed by atoms with Gasteiger partial charge in [0.1, 0.15) is 11.7 Å². The molecule has 378 valence electrons. The third kappa shape index (κ3) is 15.2. The molecule has 3 fully saturated rings. The number of rotatable bonds is 33. The molecule has 0 amide bonds. The second kappa shape index (κ2) is 28.5. The number of allylic oxidation sites excluding steroid dienone is 9. The molecule has 0 aromatic heterocycles. The van der Waals surface area contributed by atoms with Crippen LogP contribution in [0.4, 0.5) is 4.39 Å². The number of hydrogen-bond acceptors (Lipinski definition) is 8. The van der Waals surface area contributed by atoms with Crippen LogP contribution in [-0.2, 0) is 28.7 Å². The summed E-state index contributed by atoms with van der Waals surface area (Å²) in [4.78, 5) is 51.5. The number of esters is 2. The van der Waals surface area contributed by atoms with Gasteiger partial charge in [-0.3, -0.25) is 19.2 Å². The minimum Gasteiger partial charge on any atom is -0.462 e. The van der Waals surface area contributed by atoms with Crippen LogP contribution in [0.2, 0.25) is 0 Å². The maximum absolute atomic E-state index is 17.5. The highest BCUT2D eigenvalue weighted by atomic mass is 19.1. The first-order chi connectivity index (χ1) is 32.2. The van der Waals surface area contributed by atoms with Crippen LogP contribution in [0.1, 0.15) is 221 Å². The predicted octanol–water partition coefficient (Wildman–Crippen LogP) is 13.8. The van der Waals surface area contributed by atoms with Gasteiger partial charge in [-0.2, -0.15) is 0 Å². The standard InChI is InChI=1S/C58H91FO8/c1-6-8-10-12-13-14-15-16-17-18-19-20-25-28-32-36-54(64)67-48(33-29-11-9-7-2)34-30-26-23-21-22-24-27-31-35-53(63)66-44-52(62)58(65)45(3)41-50-49-38-37-46-42-47(60)39-40-55(46,4)57(49,59)51(61)43-56(50,58)5/h13-14,16-17,26,30,39-40,42,45,48-51,61,65H,6-12,15,18-25,27-29,31-38,41,43-44H2,1-5H3/b14-13-,17-16-,30-26-/t45-,48-,49+,50+,51+,55+,56+,57+,58+/m1/s1. The number of unbranched alkanes of at least 4 members (excludes halogenated alkanes) is 16. The van der Waals surface area contributed by atoms with Gasteiger partial charge in [0, 0.05) is 36.0 Å². The highest BCUT2D eigenvalue weighted by Gasteiger charge is 2.75. The zero-order chi connectivity index (χ0) is 48.8. The van der Waals surface area contributed by atoms with Crippen LogP contribution in [-0.4, -0.2) is 63.8 Å². The van der Waals surface area contributed by atoms with Crippen LogP contribution in [0.25, 0.3) is 0 Å². The van der Waals surface area contributed by atoms with Gasteiger partial charge >= 0.3 is 11.9 Å². The Kier molecular flexibility index (Phi) is 24.0. The first kappa shape index (κ1) is 56.4. The molecule has 4 rings (SSSR count). The molecular weight excluding hydrogens is 844 g/mol. The highest BCUT2D eigenvalue weighted by Crippen LogP contribution is 2.70. The molecule has 8 nitrogen and oxygen atoms in total. The van der Waals surface area contributed by atoms with Crippen molar-refractivity contribution in [3.63, 3.8) is 0 Å². The summed E-state index contributed by atoms with van der Waals surface area (Å²) in [7, 11) is 0. The van der Waals surface area contributed by atoms with E-state index in [2.05, 4.69) is 50.3 Å². The zero-order valence-electron chi connectivity index (χ0n) is 42.5. The van der Waals surface area contributed by atoms with Gasteiger partial charge in [0.2, 0.25) is 5.78 Å². The first-order valence-corrected chi connectivity index (χ1v) is 27.1. The van der Waals surface area contributed by atoms with Crippen LogP contribution in [0.15, 0.2) is 60.3 Å². The average Bonchev–Trinajstić information content (AvgIpc) is 3.50. The largest absolute Gasteiger partial charge is 0.462 e. The predicted molar refractivity (Wildman–Crippen MR) is 268 cm³/mol. The van der Waals surface area contributed by atoms with E-state index in [-0.39, 0.29) is 36.6 Å². The number of carbonyl (C=O) groups is 4. The summed E-state index contributed by atoms with van der Waals surface area (Å²) in [5.41, 5.74) is -5.50. The lowest BCUT2D eigenvalue weighted by molar-refractivity contribution is -0.220. The number of halogens is 1. The van der Waals surface area contributed by atoms with E-state index in [1.54, 1.807) is 26.8 Å². The molecule has 67 heavy (non-hydrogen) atoms. The Balaban J connectivity index is 1.07. The van der Waals surface area contributed by atoms with Gasteiger partial charge in [0.25, 0.3) is 0 Å². The van der Waals surface area contributed by atoms with Crippen LogP contribution in [0.5, 0.6) is 0 Å². The van der Waals surface area contributed by atoms with Crippen LogP contribution < -0.4 is 0 Å². The minimum absolute atomic E-state index is 0.0643. The summed E-state index contributed by atoms with van der Waals surface area (Å²) in [5.74, 6) is -2.83. The highest BCUT2D eigenvalue weighted by molar-refractivity contribution is 6.01. The molecule has 0 aromatic carbocycles. The van der Waals surface area contributed by atoms with Gasteiger partial charge in [-0.25, -0.2) is 4.39 Å². The molecule has 9 heteroatoms. The summed E-state index contributed by atoms with van der Waals surface area (Å²) >= 11 is 0. The van der Waals surface area contributed by atoms with Gasteiger partial charge in [-0.05, 0) is 127 Å². The summed E-state index contributed by atoms with van der Waals surface area (Å²) in [5, 5.41) is 23.8. The lowest BCUT2D eigenvalue weighted by Crippen LogP contribution is -2.69. The quantitative estimate of drug-likeness (QED) is 0.0378. The first-order valence-electron chi connectivity index (χ1n) is 27.1. The van der Waals surface area contributed by atoms with Crippen molar-refractivity contribution in [1.29, 1.82) is 0 Å². The molecule has 0 bridgehead atoms. The molecule has 3 saturated carbocycles. The number of ether oxygens (including phenoxy) is 2. The Morgan fingerprint density at radius 1 is 0.776 bits per heavy atom. The van der Waals surface area contributed by atoms with Gasteiger partial charge in [-0.15, -0.1) is 0 Å². The number of carbonyl (C=O) groups excluding carboxylic acids is 4. The van der Waals surface area contributed by atoms with Crippen molar-refractivity contribution < 1.29 is 43.3 Å². The number of hydrogen-bond donors (Lipinski definition) is 2. The Morgan fingerprint density at radius 2 is 1.34 bits per heavy atom. The topological polar surface area (TPSA) is 127 Å². The number of alkyl halides is 1. The zero-order valence-corrected chi connectivity index (χ0v) is 42.5. The van der Waals surface area contributed by atoms with E-state index < -0.39 is 58.4 Å². The fraction of sp³-hybridized carbons (Fsp3) is 0.759. The normalized spacial score (nSPS) is 29.6. The van der Waals surface area contributed by atoms with Crippen LogP contribution in [0.3, 0.4) is 0 Å². The van der Waals surface area contributed by atoms with Gasteiger partial charge in [-0.1, -0.05) is 146 Å². The third-order valence-corrected chi connectivity index (χ3v) is 16.3. The molecule has 9 atom stereocenters. The number of fused-ring (bicyclic) bond motifs is 5. The molecule has 4 aliphatic rings. The monoisotopic (exact) mass is 935 g/mol. The van der Waals surface area contributed by atoms with E-state index >= 15 is 4.39 Å². The molecule has 0 aliphatic heterocycles. The van der Waals surface area contributed by atoms with Crippen LogP contribution >= 0.6 is 0 Å². The van der Waals surface area contributed by atoms with E-state index in [9.17, 15) is 29.4 Å². The van der Waals surface area contributed by atoms with Crippen molar-refractivity contribution >= 4 is 23.5 Å². The SMILES string of the molecule is CCCCC/C=C\C/C=C\CCCCCCCC(=O)O[C@@H](C/C=C\CCCCCCCC(=O)OCC(=O)[C@@]1(O)[C@H](C)C[C@H]2[C@@H]3CCC4=CC(=O)C=C[C@]4(C)[C@@]3(F)[C@@H](O)C[C@@]21C)CCCCCC. The summed E-state index contributed by atoms with van der Waals surface area (Å²) in [6, 6.07) is 0. The van der Waals surface area contributed by atoms with Crippen molar-refractivity contribution in [3.05, 3.63) is 60.3 Å². The summed E-state index contributed by atoms with van der Waals surface area (Å²) in [6.45, 7) is 9.23. The molecule has 0 radical (unpaired) electrons. The third-order valence-electron chi connectivity index (χ3n) is 16.3. The average molecular weight is 935 g/mol. The smallest absolute Gasteiger partial charge is 0.306 e. The molecule has 0 heterocycles. The van der Waals surface area contributed by atoms with Gasteiger partial charge in [0.05, 0.1) is 6.10 Å². The van der Waals surface area contributed by atoms with E-state index in [0.29, 0.717) is 37.7 Å². The molecular formula is C58H91FO8. The van der Waals surface area contributed by atoms with Crippen molar-refractivity contribution in [2.24, 2.45) is 28.6 Å². The molecule has 0 aromatic rings. The van der Waals surface area contributed by atoms with E-state index in [1.165, 1.54) is 63.5 Å². The Hall–Kier alpha value is -3.17. The van der Waals surface area contributed by atoms with Crippen molar-refractivity contribution in [2.45, 2.75) is 244 Å². The van der Waals surface area contributed by atoms with Gasteiger partial charge in [0.15, 0.2) is 18.1 Å². The van der Waals surface area contributed by atoms with E-state index in [1.807, 2.05) is 0 Å². The maximum atomic E-state index is 17.5. The second-order valence-corrected chi connectivity index (χ2v) is 21.2. The molecule has 0 unspecified atom stereocenters. The maximum Gasteiger partial charge on any atom is 0.306 e. The molecule has 4 aliphatic carbocycles.